The van der Waals surface area contributed by atoms with E-state index < -0.39 is 84.2 Å². The van der Waals surface area contributed by atoms with Crippen molar-refractivity contribution < 1.29 is 37.5 Å². The maximum Gasteiger partial charge on any atom is 0.289 e. The summed E-state index contributed by atoms with van der Waals surface area (Å²) in [5.41, 5.74) is -0.814. The number of carbonyl (C=O) groups is 6. The minimum Gasteiger partial charge on any atom is -0.347 e. The van der Waals surface area contributed by atoms with Crippen molar-refractivity contribution in [1.29, 1.82) is 0 Å². The number of nitrogens with one attached hydrogen (secondary N) is 4. The normalized spacial score (nSPS) is 22.4. The zero-order valence-corrected chi connectivity index (χ0v) is 28.1. The molecule has 13 nitrogen and oxygen atoms in total. The number of hydrogen-bond acceptors (Lipinski definition) is 8. The van der Waals surface area contributed by atoms with Crippen molar-refractivity contribution in [3.8, 4) is 0 Å². The van der Waals surface area contributed by atoms with Gasteiger partial charge in [-0.1, -0.05) is 41.0 Å². The van der Waals surface area contributed by atoms with Gasteiger partial charge < -0.3 is 26.2 Å². The number of carbonyl (C=O) groups excluding carboxylic acids is 6. The number of ketones is 1. The molecule has 1 aromatic rings. The molecule has 0 bridgehead atoms. The van der Waals surface area contributed by atoms with Crippen molar-refractivity contribution in [2.24, 2.45) is 23.2 Å². The van der Waals surface area contributed by atoms with Crippen molar-refractivity contribution >= 4 is 35.3 Å². The second-order valence-electron chi connectivity index (χ2n) is 14.5. The average Bonchev–Trinajstić information content (AvgIpc) is 3.59. The molecule has 0 spiro atoms. The van der Waals surface area contributed by atoms with Gasteiger partial charge in [-0.15, -0.1) is 0 Å². The lowest BCUT2D eigenvalue weighted by atomic mass is 9.85. The van der Waals surface area contributed by atoms with E-state index in [0.717, 1.165) is 12.8 Å². The Morgan fingerprint density at radius 2 is 1.67 bits per heavy atom. The van der Waals surface area contributed by atoms with E-state index in [0.29, 0.717) is 19.3 Å². The SMILES string of the molecule is CC(C)[C@@H](NC(=O)c1cnccn1)C(=O)NC(C(=O)N1C[C@@H]2CCC[C@@H]2[C@H]1C(=O)NC(CCC(F)F)C(=O)C(=O)NC1CC1)C(C)(C)C. The highest BCUT2D eigenvalue weighted by molar-refractivity contribution is 6.38. The van der Waals surface area contributed by atoms with Gasteiger partial charge in [0.25, 0.3) is 11.8 Å². The minimum absolute atomic E-state index is 0.0101. The Labute approximate surface area is 279 Å². The summed E-state index contributed by atoms with van der Waals surface area (Å²) in [6, 6.07) is -4.80. The van der Waals surface area contributed by atoms with Gasteiger partial charge >= 0.3 is 0 Å². The van der Waals surface area contributed by atoms with Crippen LogP contribution < -0.4 is 21.3 Å². The summed E-state index contributed by atoms with van der Waals surface area (Å²) in [7, 11) is 0. The lowest BCUT2D eigenvalue weighted by molar-refractivity contribution is -0.146. The highest BCUT2D eigenvalue weighted by Crippen LogP contribution is 2.43. The summed E-state index contributed by atoms with van der Waals surface area (Å²) >= 11 is 0. The molecule has 1 saturated heterocycles. The number of amides is 5. The lowest BCUT2D eigenvalue weighted by Gasteiger charge is -2.37. The molecule has 2 unspecified atom stereocenters. The summed E-state index contributed by atoms with van der Waals surface area (Å²) in [6.07, 6.45) is 3.83. The number of hydrogen-bond donors (Lipinski definition) is 4. The van der Waals surface area contributed by atoms with Crippen LogP contribution in [-0.2, 0) is 24.0 Å². The maximum absolute atomic E-state index is 14.4. The molecule has 48 heavy (non-hydrogen) atoms. The molecule has 4 rings (SSSR count). The largest absolute Gasteiger partial charge is 0.347 e. The van der Waals surface area contributed by atoms with Crippen molar-refractivity contribution in [1.82, 2.24) is 36.1 Å². The second-order valence-corrected chi connectivity index (χ2v) is 14.5. The Bertz CT molecular complexity index is 1370. The predicted octanol–water partition coefficient (Wildman–Crippen LogP) is 1.77. The van der Waals surface area contributed by atoms with Gasteiger partial charge in [0.1, 0.15) is 23.8 Å². The molecule has 264 valence electrons. The van der Waals surface area contributed by atoms with Gasteiger partial charge in [0.2, 0.25) is 29.9 Å². The Morgan fingerprint density at radius 1 is 0.958 bits per heavy atom. The molecular formula is C33H47F2N7O6. The van der Waals surface area contributed by atoms with E-state index in [2.05, 4.69) is 31.2 Å². The van der Waals surface area contributed by atoms with Crippen LogP contribution in [0.4, 0.5) is 8.78 Å². The fraction of sp³-hybridized carbons (Fsp3) is 0.697. The minimum atomic E-state index is -2.75. The fourth-order valence-corrected chi connectivity index (χ4v) is 6.54. The van der Waals surface area contributed by atoms with Crippen LogP contribution in [0.5, 0.6) is 0 Å². The quantitative estimate of drug-likeness (QED) is 0.216. The molecule has 2 heterocycles. The first kappa shape index (κ1) is 36.8. The third-order valence-electron chi connectivity index (χ3n) is 9.32. The Balaban J connectivity index is 1.54. The average molecular weight is 676 g/mol. The van der Waals surface area contributed by atoms with E-state index in [1.165, 1.54) is 23.5 Å². The van der Waals surface area contributed by atoms with Gasteiger partial charge in [-0.05, 0) is 55.3 Å². The van der Waals surface area contributed by atoms with Gasteiger partial charge in [0, 0.05) is 31.4 Å². The van der Waals surface area contributed by atoms with Gasteiger partial charge in [0.05, 0.1) is 12.2 Å². The molecule has 2 aliphatic carbocycles. The number of alkyl halides is 2. The van der Waals surface area contributed by atoms with E-state index in [9.17, 15) is 37.5 Å². The smallest absolute Gasteiger partial charge is 0.289 e. The molecule has 3 aliphatic rings. The van der Waals surface area contributed by atoms with Crippen molar-refractivity contribution in [3.63, 3.8) is 0 Å². The van der Waals surface area contributed by atoms with E-state index >= 15 is 0 Å². The molecule has 4 N–H and O–H groups in total. The third-order valence-corrected chi connectivity index (χ3v) is 9.32. The highest BCUT2D eigenvalue weighted by Gasteiger charge is 2.52. The van der Waals surface area contributed by atoms with Gasteiger partial charge in [-0.25, -0.2) is 13.8 Å². The molecular weight excluding hydrogens is 628 g/mol. The van der Waals surface area contributed by atoms with Gasteiger partial charge in [-0.2, -0.15) is 0 Å². The van der Waals surface area contributed by atoms with E-state index in [1.54, 1.807) is 34.6 Å². The topological polar surface area (TPSA) is 180 Å². The summed E-state index contributed by atoms with van der Waals surface area (Å²) in [6.45, 7) is 9.02. The zero-order chi connectivity index (χ0) is 35.3. The molecule has 1 aromatic heterocycles. The summed E-state index contributed by atoms with van der Waals surface area (Å²) in [5, 5.41) is 10.6. The fourth-order valence-electron chi connectivity index (χ4n) is 6.54. The van der Waals surface area contributed by atoms with Crippen LogP contribution in [0.25, 0.3) is 0 Å². The Morgan fingerprint density at radius 3 is 2.25 bits per heavy atom. The van der Waals surface area contributed by atoms with E-state index in [1.807, 2.05) is 0 Å². The van der Waals surface area contributed by atoms with Gasteiger partial charge in [-0.3, -0.25) is 33.8 Å². The van der Waals surface area contributed by atoms with E-state index in [4.69, 9.17) is 0 Å². The molecule has 1 aliphatic heterocycles. The Kier molecular flexibility index (Phi) is 11.8. The standard InChI is InChI=1S/C33H47F2N7O6/c1-17(2)24(40-28(44)22-15-36-13-14-37-22)29(45)41-27(33(3,4)5)32(48)42-16-18-7-6-8-20(18)25(42)30(46)39-21(11-12-23(34)35)26(43)31(47)38-19-9-10-19/h13-15,17-21,23-25,27H,6-12,16H2,1-5H3,(H,38,47)(H,39,46)(H,40,44)(H,41,45)/t18-,20-,21?,24+,25-,27?/m0/s1. The van der Waals surface area contributed by atoms with Crippen LogP contribution in [0, 0.1) is 23.2 Å². The van der Waals surface area contributed by atoms with Crippen LogP contribution in [-0.4, -0.2) is 93.4 Å². The second kappa shape index (κ2) is 15.5. The Hall–Kier alpha value is -4.04. The first-order chi connectivity index (χ1) is 22.6. The van der Waals surface area contributed by atoms with Crippen molar-refractivity contribution in [2.45, 2.75) is 116 Å². The van der Waals surface area contributed by atoms with Crippen LogP contribution in [0.3, 0.4) is 0 Å². The summed E-state index contributed by atoms with van der Waals surface area (Å²) < 4.78 is 26.4. The predicted molar refractivity (Wildman–Crippen MR) is 169 cm³/mol. The third kappa shape index (κ3) is 9.10. The molecule has 0 aromatic carbocycles. The van der Waals surface area contributed by atoms with Gasteiger partial charge in [0.15, 0.2) is 0 Å². The van der Waals surface area contributed by atoms with Crippen LogP contribution in [0.15, 0.2) is 18.6 Å². The molecule has 5 amide bonds. The first-order valence-electron chi connectivity index (χ1n) is 16.7. The number of aromatic nitrogens is 2. The molecule has 3 fully saturated rings. The number of fused-ring (bicyclic) bond motifs is 1. The molecule has 6 atom stereocenters. The number of halogens is 2. The number of Topliss-reactive ketones (excluding diaryl/α,β-unsaturated/α-hetero) is 1. The van der Waals surface area contributed by atoms with Crippen LogP contribution in [0.1, 0.15) is 90.1 Å². The number of nitrogens with zero attached hydrogens (tertiary/aromatic N) is 3. The zero-order valence-electron chi connectivity index (χ0n) is 28.1. The lowest BCUT2D eigenvalue weighted by Crippen LogP contribution is -2.62. The monoisotopic (exact) mass is 675 g/mol. The summed E-state index contributed by atoms with van der Waals surface area (Å²) in [5.74, 6) is -4.98. The number of rotatable bonds is 14. The summed E-state index contributed by atoms with van der Waals surface area (Å²) in [4.78, 5) is 89.7. The van der Waals surface area contributed by atoms with E-state index in [-0.39, 0.29) is 36.0 Å². The van der Waals surface area contributed by atoms with Crippen molar-refractivity contribution in [3.05, 3.63) is 24.3 Å². The molecule has 2 saturated carbocycles. The van der Waals surface area contributed by atoms with Crippen LogP contribution in [0.2, 0.25) is 0 Å². The molecule has 0 radical (unpaired) electrons. The first-order valence-corrected chi connectivity index (χ1v) is 16.7. The maximum atomic E-state index is 14.4. The number of likely N-dealkylation sites (tertiary alicyclic amines) is 1. The molecule has 15 heteroatoms. The van der Waals surface area contributed by atoms with Crippen LogP contribution >= 0.6 is 0 Å². The van der Waals surface area contributed by atoms with Crippen molar-refractivity contribution in [2.75, 3.05) is 6.54 Å². The highest BCUT2D eigenvalue weighted by atomic mass is 19.3.